The number of nitrogens with zero attached hydrogens (tertiary/aromatic N) is 2. The number of nitrogens with two attached hydrogens (primary N) is 1. The van der Waals surface area contributed by atoms with E-state index in [2.05, 4.69) is 21.0 Å². The summed E-state index contributed by atoms with van der Waals surface area (Å²) in [6, 6.07) is 7.82. The van der Waals surface area contributed by atoms with Crippen LogP contribution in [0.5, 0.6) is 0 Å². The van der Waals surface area contributed by atoms with Crippen molar-refractivity contribution in [3.05, 3.63) is 45.7 Å². The van der Waals surface area contributed by atoms with E-state index in [1.54, 1.807) is 10.9 Å². The molecule has 5 heteroatoms. The smallest absolute Gasteiger partial charge is 0.136 e. The lowest BCUT2D eigenvalue weighted by molar-refractivity contribution is 0.879. The van der Waals surface area contributed by atoms with Gasteiger partial charge < -0.3 is 5.73 Å². The standard InChI is InChI=1S/C11H11BrClN3/c12-9-2-1-3-10(6-9)16-11(13)8(4-5-14)7-15-16/h1-3,6-7H,4-5,14H2. The summed E-state index contributed by atoms with van der Waals surface area (Å²) < 4.78 is 2.70. The Hall–Kier alpha value is -0.840. The maximum atomic E-state index is 6.22. The molecule has 2 N–H and O–H groups in total. The number of hydrogen-bond acceptors (Lipinski definition) is 2. The summed E-state index contributed by atoms with van der Waals surface area (Å²) in [6.07, 6.45) is 2.50. The Morgan fingerprint density at radius 3 is 2.94 bits per heavy atom. The molecule has 0 radical (unpaired) electrons. The zero-order chi connectivity index (χ0) is 11.5. The second kappa shape index (κ2) is 4.99. The molecule has 0 fully saturated rings. The van der Waals surface area contributed by atoms with Crippen molar-refractivity contribution in [3.8, 4) is 5.69 Å². The highest BCUT2D eigenvalue weighted by atomic mass is 79.9. The molecule has 0 aliphatic heterocycles. The van der Waals surface area contributed by atoms with Crippen molar-refractivity contribution in [2.45, 2.75) is 6.42 Å². The Bertz CT molecular complexity index is 496. The van der Waals surface area contributed by atoms with Crippen LogP contribution >= 0.6 is 27.5 Å². The predicted molar refractivity (Wildman–Crippen MR) is 69.0 cm³/mol. The van der Waals surface area contributed by atoms with Gasteiger partial charge in [-0.3, -0.25) is 0 Å². The topological polar surface area (TPSA) is 43.8 Å². The molecule has 0 unspecified atom stereocenters. The van der Waals surface area contributed by atoms with Crippen LogP contribution in [-0.2, 0) is 6.42 Å². The first-order valence-electron chi connectivity index (χ1n) is 4.91. The van der Waals surface area contributed by atoms with E-state index < -0.39 is 0 Å². The van der Waals surface area contributed by atoms with Gasteiger partial charge in [-0.05, 0) is 31.2 Å². The van der Waals surface area contributed by atoms with E-state index in [4.69, 9.17) is 17.3 Å². The second-order valence-electron chi connectivity index (χ2n) is 3.39. The van der Waals surface area contributed by atoms with Gasteiger partial charge in [0.25, 0.3) is 0 Å². The van der Waals surface area contributed by atoms with Crippen molar-refractivity contribution in [1.29, 1.82) is 0 Å². The minimum absolute atomic E-state index is 0.573. The van der Waals surface area contributed by atoms with Crippen molar-refractivity contribution in [3.63, 3.8) is 0 Å². The van der Waals surface area contributed by atoms with Gasteiger partial charge in [-0.15, -0.1) is 0 Å². The zero-order valence-electron chi connectivity index (χ0n) is 8.53. The Labute approximate surface area is 107 Å². The molecule has 1 aromatic heterocycles. The number of halogens is 2. The first-order chi connectivity index (χ1) is 7.72. The molecule has 3 nitrogen and oxygen atoms in total. The van der Waals surface area contributed by atoms with Crippen LogP contribution in [0.4, 0.5) is 0 Å². The average Bonchev–Trinajstić information content (AvgIpc) is 2.61. The minimum Gasteiger partial charge on any atom is -0.330 e. The molecule has 0 bridgehead atoms. The molecule has 0 aliphatic carbocycles. The monoisotopic (exact) mass is 299 g/mol. The predicted octanol–water partition coefficient (Wildman–Crippen LogP) is 2.79. The van der Waals surface area contributed by atoms with Gasteiger partial charge in [0, 0.05) is 10.0 Å². The molecular formula is C11H11BrClN3. The number of hydrogen-bond donors (Lipinski definition) is 1. The van der Waals surface area contributed by atoms with Gasteiger partial charge in [-0.2, -0.15) is 5.10 Å². The lowest BCUT2D eigenvalue weighted by Gasteiger charge is -2.04. The van der Waals surface area contributed by atoms with Crippen LogP contribution in [0.3, 0.4) is 0 Å². The minimum atomic E-state index is 0.573. The molecule has 0 saturated heterocycles. The molecule has 0 atom stereocenters. The SMILES string of the molecule is NCCc1cnn(-c2cccc(Br)c2)c1Cl. The van der Waals surface area contributed by atoms with E-state index in [1.807, 2.05) is 24.3 Å². The number of benzene rings is 1. The Morgan fingerprint density at radius 2 is 2.25 bits per heavy atom. The summed E-state index contributed by atoms with van der Waals surface area (Å²) in [5.41, 5.74) is 7.41. The molecule has 1 heterocycles. The maximum absolute atomic E-state index is 6.22. The van der Waals surface area contributed by atoms with Gasteiger partial charge in [-0.25, -0.2) is 4.68 Å². The number of rotatable bonds is 3. The third-order valence-corrected chi connectivity index (χ3v) is 3.14. The third-order valence-electron chi connectivity index (χ3n) is 2.25. The van der Waals surface area contributed by atoms with Crippen LogP contribution in [0, 0.1) is 0 Å². The first-order valence-corrected chi connectivity index (χ1v) is 6.08. The van der Waals surface area contributed by atoms with Crippen molar-refractivity contribution >= 4 is 27.5 Å². The van der Waals surface area contributed by atoms with Gasteiger partial charge in [0.1, 0.15) is 5.15 Å². The molecule has 2 aromatic rings. The Kier molecular flexibility index (Phi) is 3.63. The highest BCUT2D eigenvalue weighted by Crippen LogP contribution is 2.22. The molecule has 1 aromatic carbocycles. The molecule has 16 heavy (non-hydrogen) atoms. The summed E-state index contributed by atoms with van der Waals surface area (Å²) in [5, 5.41) is 4.88. The van der Waals surface area contributed by atoms with E-state index in [0.717, 1.165) is 22.1 Å². The average molecular weight is 301 g/mol. The van der Waals surface area contributed by atoms with Gasteiger partial charge >= 0.3 is 0 Å². The fourth-order valence-corrected chi connectivity index (χ4v) is 2.15. The molecule has 0 amide bonds. The largest absolute Gasteiger partial charge is 0.330 e. The van der Waals surface area contributed by atoms with Gasteiger partial charge in [-0.1, -0.05) is 33.6 Å². The summed E-state index contributed by atoms with van der Waals surface area (Å²) >= 11 is 9.64. The van der Waals surface area contributed by atoms with Crippen LogP contribution < -0.4 is 5.73 Å². The van der Waals surface area contributed by atoms with E-state index >= 15 is 0 Å². The zero-order valence-corrected chi connectivity index (χ0v) is 10.9. The summed E-state index contributed by atoms with van der Waals surface area (Å²) in [5.74, 6) is 0. The molecule has 84 valence electrons. The van der Waals surface area contributed by atoms with Crippen molar-refractivity contribution in [2.24, 2.45) is 5.73 Å². The molecule has 0 saturated carbocycles. The second-order valence-corrected chi connectivity index (χ2v) is 4.66. The number of aromatic nitrogens is 2. The molecular weight excluding hydrogens is 289 g/mol. The van der Waals surface area contributed by atoms with E-state index in [1.165, 1.54) is 0 Å². The van der Waals surface area contributed by atoms with Crippen molar-refractivity contribution < 1.29 is 0 Å². The van der Waals surface area contributed by atoms with Crippen LogP contribution in [0.15, 0.2) is 34.9 Å². The van der Waals surface area contributed by atoms with Gasteiger partial charge in [0.2, 0.25) is 0 Å². The van der Waals surface area contributed by atoms with Gasteiger partial charge in [0.15, 0.2) is 0 Å². The van der Waals surface area contributed by atoms with Crippen molar-refractivity contribution in [1.82, 2.24) is 9.78 Å². The van der Waals surface area contributed by atoms with E-state index in [9.17, 15) is 0 Å². The van der Waals surface area contributed by atoms with Crippen LogP contribution in [0.25, 0.3) is 5.69 Å². The van der Waals surface area contributed by atoms with Crippen LogP contribution in [0.2, 0.25) is 5.15 Å². The maximum Gasteiger partial charge on any atom is 0.136 e. The first kappa shape index (κ1) is 11.6. The fourth-order valence-electron chi connectivity index (χ4n) is 1.48. The summed E-state index contributed by atoms with van der Waals surface area (Å²) in [4.78, 5) is 0. The fraction of sp³-hybridized carbons (Fsp3) is 0.182. The highest BCUT2D eigenvalue weighted by molar-refractivity contribution is 9.10. The molecule has 0 aliphatic rings. The Morgan fingerprint density at radius 1 is 1.44 bits per heavy atom. The Balaban J connectivity index is 2.41. The summed E-state index contributed by atoms with van der Waals surface area (Å²) in [6.45, 7) is 0.573. The lowest BCUT2D eigenvalue weighted by atomic mass is 10.2. The normalized spacial score (nSPS) is 10.7. The molecule has 2 rings (SSSR count). The van der Waals surface area contributed by atoms with Crippen LogP contribution in [0.1, 0.15) is 5.56 Å². The van der Waals surface area contributed by atoms with Gasteiger partial charge in [0.05, 0.1) is 11.9 Å². The summed E-state index contributed by atoms with van der Waals surface area (Å²) in [7, 11) is 0. The van der Waals surface area contributed by atoms with Crippen molar-refractivity contribution in [2.75, 3.05) is 6.54 Å². The third kappa shape index (κ3) is 2.29. The van der Waals surface area contributed by atoms with E-state index in [-0.39, 0.29) is 0 Å². The lowest BCUT2D eigenvalue weighted by Crippen LogP contribution is -2.02. The molecule has 0 spiro atoms. The highest BCUT2D eigenvalue weighted by Gasteiger charge is 2.09. The van der Waals surface area contributed by atoms with E-state index in [0.29, 0.717) is 11.7 Å². The quantitative estimate of drug-likeness (QED) is 0.947. The van der Waals surface area contributed by atoms with Crippen LogP contribution in [-0.4, -0.2) is 16.3 Å².